The van der Waals surface area contributed by atoms with E-state index in [1.54, 1.807) is 0 Å². The molecule has 0 unspecified atom stereocenters. The molecule has 2 aromatic rings. The van der Waals surface area contributed by atoms with Crippen LogP contribution >= 0.6 is 15.9 Å². The van der Waals surface area contributed by atoms with Crippen LogP contribution in [0.5, 0.6) is 0 Å². The third-order valence-corrected chi connectivity index (χ3v) is 4.40. The predicted octanol–water partition coefficient (Wildman–Crippen LogP) is 3.21. The molecule has 26 heavy (non-hydrogen) atoms. The lowest BCUT2D eigenvalue weighted by molar-refractivity contribution is -0.116. The van der Waals surface area contributed by atoms with Crippen LogP contribution in [0.1, 0.15) is 19.0 Å². The van der Waals surface area contributed by atoms with Crippen LogP contribution in [-0.2, 0) is 18.4 Å². The van der Waals surface area contributed by atoms with Crippen LogP contribution in [0.4, 0.5) is 5.69 Å². The third-order valence-electron chi connectivity index (χ3n) is 3.88. The maximum atomic E-state index is 12.1. The Hall–Kier alpha value is -2.28. The lowest BCUT2D eigenvalue weighted by atomic mass is 10.3. The molecule has 2 N–H and O–H groups in total. The van der Waals surface area contributed by atoms with Crippen LogP contribution in [0.15, 0.2) is 52.1 Å². The number of carbonyl (C=O) groups excluding carboxylic acids is 1. The highest BCUT2D eigenvalue weighted by Gasteiger charge is 2.09. The molecule has 140 valence electrons. The number of guanidine groups is 1. The number of rotatable bonds is 7. The van der Waals surface area contributed by atoms with Crippen molar-refractivity contribution in [2.75, 3.05) is 25.5 Å². The molecule has 0 spiro atoms. The highest BCUT2D eigenvalue weighted by atomic mass is 79.9. The number of halogens is 1. The first-order valence-corrected chi connectivity index (χ1v) is 9.44. The Morgan fingerprint density at radius 3 is 2.62 bits per heavy atom. The van der Waals surface area contributed by atoms with Gasteiger partial charge in [-0.15, -0.1) is 0 Å². The molecule has 1 aromatic heterocycles. The second-order valence-electron chi connectivity index (χ2n) is 6.01. The van der Waals surface area contributed by atoms with Crippen molar-refractivity contribution >= 4 is 33.5 Å². The summed E-state index contributed by atoms with van der Waals surface area (Å²) >= 11 is 3.38. The maximum Gasteiger partial charge on any atom is 0.226 e. The zero-order chi connectivity index (χ0) is 18.9. The van der Waals surface area contributed by atoms with Gasteiger partial charge in [0.25, 0.3) is 0 Å². The summed E-state index contributed by atoms with van der Waals surface area (Å²) in [6.45, 7) is 4.00. The lowest BCUT2D eigenvalue weighted by Gasteiger charge is -2.22. The van der Waals surface area contributed by atoms with E-state index in [0.29, 0.717) is 13.0 Å². The fourth-order valence-electron chi connectivity index (χ4n) is 2.47. The first-order valence-electron chi connectivity index (χ1n) is 8.64. The van der Waals surface area contributed by atoms with Crippen LogP contribution in [0.25, 0.3) is 0 Å². The van der Waals surface area contributed by atoms with Gasteiger partial charge >= 0.3 is 0 Å². The Labute approximate surface area is 163 Å². The van der Waals surface area contributed by atoms with Crippen molar-refractivity contribution < 1.29 is 4.79 Å². The van der Waals surface area contributed by atoms with Crippen LogP contribution in [0, 0.1) is 0 Å². The summed E-state index contributed by atoms with van der Waals surface area (Å²) < 4.78 is 3.07. The van der Waals surface area contributed by atoms with E-state index in [9.17, 15) is 4.79 Å². The minimum atomic E-state index is -0.0444. The third kappa shape index (κ3) is 6.22. The SMILES string of the molecule is CCNC(=NCCC(=O)Nc1ccc(Br)cc1)N(C)Cc1cccn1C. The van der Waals surface area contributed by atoms with E-state index in [0.717, 1.165) is 29.2 Å². The maximum absolute atomic E-state index is 12.1. The summed E-state index contributed by atoms with van der Waals surface area (Å²) in [7, 11) is 4.02. The quantitative estimate of drug-likeness (QED) is 0.534. The number of aliphatic imine (C=N–C) groups is 1. The zero-order valence-corrected chi connectivity index (χ0v) is 17.1. The van der Waals surface area contributed by atoms with E-state index in [1.165, 1.54) is 5.69 Å². The number of aryl methyl sites for hydroxylation is 1. The Balaban J connectivity index is 1.88. The molecular formula is C19H26BrN5O. The minimum absolute atomic E-state index is 0.0444. The van der Waals surface area contributed by atoms with Crippen LogP contribution in [0.3, 0.4) is 0 Å². The molecule has 0 aliphatic carbocycles. The summed E-state index contributed by atoms with van der Waals surface area (Å²) in [5.74, 6) is 0.752. The van der Waals surface area contributed by atoms with Gasteiger partial charge in [-0.1, -0.05) is 15.9 Å². The zero-order valence-electron chi connectivity index (χ0n) is 15.5. The van der Waals surface area contributed by atoms with Crippen molar-refractivity contribution in [3.05, 3.63) is 52.8 Å². The lowest BCUT2D eigenvalue weighted by Crippen LogP contribution is -2.39. The van der Waals surface area contributed by atoms with E-state index in [2.05, 4.69) is 47.1 Å². The van der Waals surface area contributed by atoms with E-state index in [1.807, 2.05) is 57.5 Å². The number of amides is 1. The van der Waals surface area contributed by atoms with Crippen LogP contribution in [0.2, 0.25) is 0 Å². The molecule has 0 atom stereocenters. The Kier molecular flexibility index (Phi) is 7.72. The topological polar surface area (TPSA) is 61.7 Å². The number of hydrogen-bond donors (Lipinski definition) is 2. The number of aromatic nitrogens is 1. The Morgan fingerprint density at radius 1 is 1.27 bits per heavy atom. The van der Waals surface area contributed by atoms with Gasteiger partial charge in [0.05, 0.1) is 13.1 Å². The molecule has 0 saturated heterocycles. The summed E-state index contributed by atoms with van der Waals surface area (Å²) in [6, 6.07) is 11.6. The summed E-state index contributed by atoms with van der Waals surface area (Å²) in [4.78, 5) is 18.7. The predicted molar refractivity (Wildman–Crippen MR) is 110 cm³/mol. The fourth-order valence-corrected chi connectivity index (χ4v) is 2.73. The molecule has 1 aromatic carbocycles. The molecule has 1 amide bonds. The molecular weight excluding hydrogens is 394 g/mol. The van der Waals surface area contributed by atoms with Crippen molar-refractivity contribution in [1.82, 2.24) is 14.8 Å². The largest absolute Gasteiger partial charge is 0.357 e. The molecule has 0 bridgehead atoms. The Bertz CT molecular complexity index is 739. The van der Waals surface area contributed by atoms with Gasteiger partial charge in [0.2, 0.25) is 5.91 Å². The minimum Gasteiger partial charge on any atom is -0.357 e. The Morgan fingerprint density at radius 2 is 2.00 bits per heavy atom. The summed E-state index contributed by atoms with van der Waals surface area (Å²) in [5, 5.41) is 6.16. The molecule has 7 heteroatoms. The van der Waals surface area contributed by atoms with Crippen LogP contribution < -0.4 is 10.6 Å². The van der Waals surface area contributed by atoms with E-state index >= 15 is 0 Å². The van der Waals surface area contributed by atoms with Gasteiger partial charge in [0.1, 0.15) is 0 Å². The van der Waals surface area contributed by atoms with Crippen molar-refractivity contribution in [2.24, 2.45) is 12.0 Å². The normalized spacial score (nSPS) is 11.3. The number of hydrogen-bond acceptors (Lipinski definition) is 2. The molecule has 6 nitrogen and oxygen atoms in total. The van der Waals surface area contributed by atoms with Crippen molar-refractivity contribution in [1.29, 1.82) is 0 Å². The average Bonchev–Trinajstić information content (AvgIpc) is 3.01. The molecule has 0 fully saturated rings. The van der Waals surface area contributed by atoms with Gasteiger partial charge < -0.3 is 20.1 Å². The van der Waals surface area contributed by atoms with E-state index in [-0.39, 0.29) is 5.91 Å². The number of nitrogens with one attached hydrogen (secondary N) is 2. The second-order valence-corrected chi connectivity index (χ2v) is 6.92. The summed E-state index contributed by atoms with van der Waals surface area (Å²) in [6.07, 6.45) is 2.36. The molecule has 2 rings (SSSR count). The molecule has 0 aliphatic heterocycles. The van der Waals surface area contributed by atoms with Gasteiger partial charge in [-0.05, 0) is 43.3 Å². The standard InChI is InChI=1S/C19H26BrN5O/c1-4-21-19(25(3)14-17-6-5-13-24(17)2)22-12-11-18(26)23-16-9-7-15(20)8-10-16/h5-10,13H,4,11-12,14H2,1-3H3,(H,21,22)(H,23,26). The highest BCUT2D eigenvalue weighted by Crippen LogP contribution is 2.14. The fraction of sp³-hybridized carbons (Fsp3) is 0.368. The number of anilines is 1. The van der Waals surface area contributed by atoms with Gasteiger partial charge in [0.15, 0.2) is 5.96 Å². The molecule has 1 heterocycles. The monoisotopic (exact) mass is 419 g/mol. The smallest absolute Gasteiger partial charge is 0.226 e. The highest BCUT2D eigenvalue weighted by molar-refractivity contribution is 9.10. The second kappa shape index (κ2) is 10.0. The molecule has 0 aliphatic rings. The molecule has 0 saturated carbocycles. The van der Waals surface area contributed by atoms with Gasteiger partial charge in [-0.2, -0.15) is 0 Å². The first-order chi connectivity index (χ1) is 12.5. The van der Waals surface area contributed by atoms with Gasteiger partial charge in [-0.3, -0.25) is 9.79 Å². The van der Waals surface area contributed by atoms with Gasteiger partial charge in [-0.25, -0.2) is 0 Å². The first kappa shape index (κ1) is 20.0. The number of carbonyl (C=O) groups is 1. The van der Waals surface area contributed by atoms with Crippen molar-refractivity contribution in [3.8, 4) is 0 Å². The summed E-state index contributed by atoms with van der Waals surface area (Å²) in [5.41, 5.74) is 1.99. The van der Waals surface area contributed by atoms with Gasteiger partial charge in [0, 0.05) is 49.1 Å². The van der Waals surface area contributed by atoms with Crippen LogP contribution in [-0.4, -0.2) is 41.5 Å². The molecule has 0 radical (unpaired) electrons. The number of benzene rings is 1. The van der Waals surface area contributed by atoms with Crippen molar-refractivity contribution in [2.45, 2.75) is 19.9 Å². The number of nitrogens with zero attached hydrogens (tertiary/aromatic N) is 3. The average molecular weight is 420 g/mol. The van der Waals surface area contributed by atoms with Crippen molar-refractivity contribution in [3.63, 3.8) is 0 Å². The van der Waals surface area contributed by atoms with E-state index < -0.39 is 0 Å². The van der Waals surface area contributed by atoms with E-state index in [4.69, 9.17) is 0 Å².